The van der Waals surface area contributed by atoms with E-state index in [1.165, 1.54) is 13.1 Å². The van der Waals surface area contributed by atoms with Crippen molar-refractivity contribution in [2.75, 3.05) is 25.6 Å². The molecule has 0 aliphatic heterocycles. The molecule has 0 radical (unpaired) electrons. The molecule has 0 saturated heterocycles. The second-order valence-corrected chi connectivity index (χ2v) is 8.90. The third-order valence-corrected chi connectivity index (χ3v) is 5.72. The minimum Gasteiger partial charge on any atom is -0.229 e. The molecule has 0 unspecified atom stereocenters. The van der Waals surface area contributed by atoms with E-state index in [9.17, 15) is 21.2 Å². The Balaban J connectivity index is 3.10. The van der Waals surface area contributed by atoms with Gasteiger partial charge in [0.2, 0.25) is 10.0 Å². The summed E-state index contributed by atoms with van der Waals surface area (Å²) in [6.07, 6.45) is 1.00. The van der Waals surface area contributed by atoms with Gasteiger partial charge in [-0.05, 0) is 17.7 Å². The Bertz CT molecular complexity index is 688. The van der Waals surface area contributed by atoms with Crippen molar-refractivity contribution in [2.45, 2.75) is 10.8 Å². The number of hydrogen-bond donors (Lipinski definition) is 0. The fourth-order valence-corrected chi connectivity index (χ4v) is 3.58. The highest BCUT2D eigenvalue weighted by molar-refractivity contribution is 7.91. The van der Waals surface area contributed by atoms with E-state index in [4.69, 9.17) is 11.6 Å². The monoisotopic (exact) mass is 343 g/mol. The quantitative estimate of drug-likeness (QED) is 0.728. The standard InChI is InChI=1S/C11H15ClFNO4S2/c1-14(5-6-19(2,15)16)20(17,18)11-7-9(8-12)3-4-10(11)13/h3-4,7H,5-6,8H2,1-2H3. The molecule has 20 heavy (non-hydrogen) atoms. The van der Waals surface area contributed by atoms with E-state index in [1.54, 1.807) is 0 Å². The van der Waals surface area contributed by atoms with Crippen LogP contribution in [0.5, 0.6) is 0 Å². The second-order valence-electron chi connectivity index (χ2n) is 4.35. The van der Waals surface area contributed by atoms with E-state index in [-0.39, 0.29) is 18.2 Å². The lowest BCUT2D eigenvalue weighted by molar-refractivity contribution is 0.476. The van der Waals surface area contributed by atoms with Gasteiger partial charge in [-0.2, -0.15) is 4.31 Å². The number of benzene rings is 1. The third kappa shape index (κ3) is 4.41. The summed E-state index contributed by atoms with van der Waals surface area (Å²) in [5, 5.41) is 0. The lowest BCUT2D eigenvalue weighted by atomic mass is 10.2. The summed E-state index contributed by atoms with van der Waals surface area (Å²) in [6, 6.07) is 3.56. The minimum absolute atomic E-state index is 0.0514. The Morgan fingerprint density at radius 3 is 2.35 bits per heavy atom. The Morgan fingerprint density at radius 2 is 1.85 bits per heavy atom. The van der Waals surface area contributed by atoms with Gasteiger partial charge in [-0.3, -0.25) is 0 Å². The first kappa shape index (κ1) is 17.4. The van der Waals surface area contributed by atoms with E-state index in [1.807, 2.05) is 0 Å². The third-order valence-electron chi connectivity index (χ3n) is 2.62. The molecule has 5 nitrogen and oxygen atoms in total. The highest BCUT2D eigenvalue weighted by Crippen LogP contribution is 2.20. The minimum atomic E-state index is -4.09. The van der Waals surface area contributed by atoms with Crippen molar-refractivity contribution in [1.29, 1.82) is 0 Å². The van der Waals surface area contributed by atoms with Gasteiger partial charge < -0.3 is 0 Å². The van der Waals surface area contributed by atoms with Crippen molar-refractivity contribution >= 4 is 31.5 Å². The predicted molar refractivity (Wildman–Crippen MR) is 75.5 cm³/mol. The molecule has 0 fully saturated rings. The second kappa shape index (κ2) is 6.38. The summed E-state index contributed by atoms with van der Waals surface area (Å²) in [6.45, 7) is -0.244. The van der Waals surface area contributed by atoms with Crippen LogP contribution in [-0.4, -0.2) is 46.7 Å². The van der Waals surface area contributed by atoms with Gasteiger partial charge in [0.05, 0.1) is 5.75 Å². The molecule has 0 N–H and O–H groups in total. The first-order chi connectivity index (χ1) is 9.08. The normalized spacial score (nSPS) is 12.8. The average molecular weight is 344 g/mol. The lowest BCUT2D eigenvalue weighted by Crippen LogP contribution is -2.32. The molecule has 1 aromatic rings. The number of sulfone groups is 1. The van der Waals surface area contributed by atoms with Crippen molar-refractivity contribution < 1.29 is 21.2 Å². The summed E-state index contributed by atoms with van der Waals surface area (Å²) in [4.78, 5) is -0.508. The number of hydrogen-bond acceptors (Lipinski definition) is 4. The number of nitrogens with zero attached hydrogens (tertiary/aromatic N) is 1. The lowest BCUT2D eigenvalue weighted by Gasteiger charge is -2.17. The van der Waals surface area contributed by atoms with Gasteiger partial charge in [0, 0.05) is 25.7 Å². The Hall–Kier alpha value is -0.700. The summed E-state index contributed by atoms with van der Waals surface area (Å²) in [5.41, 5.74) is 0.461. The Morgan fingerprint density at radius 1 is 1.25 bits per heavy atom. The zero-order valence-corrected chi connectivity index (χ0v) is 13.4. The van der Waals surface area contributed by atoms with E-state index < -0.39 is 30.6 Å². The van der Waals surface area contributed by atoms with E-state index >= 15 is 0 Å². The summed E-state index contributed by atoms with van der Waals surface area (Å²) >= 11 is 5.59. The van der Waals surface area contributed by atoms with Crippen molar-refractivity contribution in [3.8, 4) is 0 Å². The van der Waals surface area contributed by atoms with Gasteiger partial charge in [-0.15, -0.1) is 11.6 Å². The molecule has 0 aromatic heterocycles. The highest BCUT2D eigenvalue weighted by atomic mass is 35.5. The predicted octanol–water partition coefficient (Wildman–Crippen LogP) is 1.23. The van der Waals surface area contributed by atoms with Crippen LogP contribution in [0.15, 0.2) is 23.1 Å². The molecule has 0 spiro atoms. The first-order valence-electron chi connectivity index (χ1n) is 5.56. The molecular weight excluding hydrogens is 329 g/mol. The number of alkyl halides is 1. The number of rotatable bonds is 6. The van der Waals surface area contributed by atoms with E-state index in [2.05, 4.69) is 0 Å². The van der Waals surface area contributed by atoms with Gasteiger partial charge in [0.25, 0.3) is 0 Å². The van der Waals surface area contributed by atoms with Gasteiger partial charge >= 0.3 is 0 Å². The molecule has 114 valence electrons. The van der Waals surface area contributed by atoms with Gasteiger partial charge in [-0.1, -0.05) is 6.07 Å². The largest absolute Gasteiger partial charge is 0.245 e. The number of halogens is 2. The van der Waals surface area contributed by atoms with Crippen molar-refractivity contribution in [3.63, 3.8) is 0 Å². The van der Waals surface area contributed by atoms with Crippen LogP contribution in [0.2, 0.25) is 0 Å². The molecule has 0 atom stereocenters. The molecule has 0 heterocycles. The van der Waals surface area contributed by atoms with Crippen LogP contribution in [0.1, 0.15) is 5.56 Å². The van der Waals surface area contributed by atoms with Gasteiger partial charge in [0.15, 0.2) is 0 Å². The maximum atomic E-state index is 13.7. The maximum absolute atomic E-state index is 13.7. The van der Waals surface area contributed by atoms with Crippen LogP contribution >= 0.6 is 11.6 Å². The molecular formula is C11H15ClFNO4S2. The zero-order valence-electron chi connectivity index (χ0n) is 11.0. The first-order valence-corrected chi connectivity index (χ1v) is 9.60. The molecule has 0 bridgehead atoms. The van der Waals surface area contributed by atoms with Gasteiger partial charge in [0.1, 0.15) is 20.5 Å². The van der Waals surface area contributed by atoms with E-state index in [0.717, 1.165) is 22.7 Å². The SMILES string of the molecule is CN(CCS(C)(=O)=O)S(=O)(=O)c1cc(CCl)ccc1F. The zero-order chi connectivity index (χ0) is 15.6. The van der Waals surface area contributed by atoms with Crippen molar-refractivity contribution in [3.05, 3.63) is 29.6 Å². The Labute approximate surface area is 123 Å². The number of sulfonamides is 1. The topological polar surface area (TPSA) is 71.5 Å². The maximum Gasteiger partial charge on any atom is 0.245 e. The molecule has 0 aliphatic rings. The Kier molecular flexibility index (Phi) is 5.54. The van der Waals surface area contributed by atoms with E-state index in [0.29, 0.717) is 5.56 Å². The fourth-order valence-electron chi connectivity index (χ4n) is 1.41. The summed E-state index contributed by atoms with van der Waals surface area (Å²) in [7, 11) is -6.19. The van der Waals surface area contributed by atoms with Crippen LogP contribution in [0.3, 0.4) is 0 Å². The molecule has 0 amide bonds. The molecule has 1 rings (SSSR count). The van der Waals surface area contributed by atoms with Crippen molar-refractivity contribution in [1.82, 2.24) is 4.31 Å². The van der Waals surface area contributed by atoms with Crippen LogP contribution < -0.4 is 0 Å². The molecule has 9 heteroatoms. The average Bonchev–Trinajstić information content (AvgIpc) is 2.35. The fraction of sp³-hybridized carbons (Fsp3) is 0.455. The van der Waals surface area contributed by atoms with Crippen LogP contribution in [0, 0.1) is 5.82 Å². The van der Waals surface area contributed by atoms with Crippen LogP contribution in [0.25, 0.3) is 0 Å². The summed E-state index contributed by atoms with van der Waals surface area (Å²) in [5.74, 6) is -1.18. The van der Waals surface area contributed by atoms with Crippen molar-refractivity contribution in [2.24, 2.45) is 0 Å². The highest BCUT2D eigenvalue weighted by Gasteiger charge is 2.25. The van der Waals surface area contributed by atoms with Crippen LogP contribution in [-0.2, 0) is 25.7 Å². The molecule has 0 aliphatic carbocycles. The van der Waals surface area contributed by atoms with Crippen LogP contribution in [0.4, 0.5) is 4.39 Å². The molecule has 0 saturated carbocycles. The van der Waals surface area contributed by atoms with Gasteiger partial charge in [-0.25, -0.2) is 21.2 Å². The molecule has 1 aromatic carbocycles. The smallest absolute Gasteiger partial charge is 0.229 e. The summed E-state index contributed by atoms with van der Waals surface area (Å²) < 4.78 is 61.0.